The molecule has 1 amide bonds. The van der Waals surface area contributed by atoms with Crippen molar-refractivity contribution >= 4 is 17.8 Å². The zero-order chi connectivity index (χ0) is 19.0. The molecule has 8 heteroatoms. The maximum atomic E-state index is 12.6. The lowest BCUT2D eigenvalue weighted by Gasteiger charge is -2.33. The Balaban J connectivity index is 1.36. The van der Waals surface area contributed by atoms with Crippen molar-refractivity contribution in [1.29, 1.82) is 0 Å². The summed E-state index contributed by atoms with van der Waals surface area (Å²) in [6, 6.07) is 3.86. The number of carbonyl (C=O) groups is 1. The van der Waals surface area contributed by atoms with Gasteiger partial charge < -0.3 is 15.5 Å². The number of amides is 1. The number of piperidine rings is 1. The summed E-state index contributed by atoms with van der Waals surface area (Å²) in [4.78, 5) is 32.3. The van der Waals surface area contributed by atoms with E-state index in [9.17, 15) is 4.79 Å². The number of anilines is 2. The third-order valence-corrected chi connectivity index (χ3v) is 5.63. The van der Waals surface area contributed by atoms with E-state index in [1.807, 2.05) is 26.1 Å². The highest BCUT2D eigenvalue weighted by molar-refractivity contribution is 5.93. The molecule has 0 radical (unpaired) electrons. The molecule has 1 aliphatic carbocycles. The van der Waals surface area contributed by atoms with E-state index in [0.29, 0.717) is 11.6 Å². The maximum Gasteiger partial charge on any atom is 0.270 e. The van der Waals surface area contributed by atoms with Crippen LogP contribution in [0.15, 0.2) is 18.3 Å². The van der Waals surface area contributed by atoms with Gasteiger partial charge in [0.2, 0.25) is 11.9 Å². The van der Waals surface area contributed by atoms with Crippen molar-refractivity contribution in [2.75, 3.05) is 30.4 Å². The topological polar surface area (TPSA) is 95.9 Å². The molecule has 2 aromatic heterocycles. The van der Waals surface area contributed by atoms with Crippen LogP contribution < -0.4 is 15.5 Å². The lowest BCUT2D eigenvalue weighted by atomic mass is 9.92. The second kappa shape index (κ2) is 6.75. The van der Waals surface area contributed by atoms with E-state index in [2.05, 4.69) is 35.5 Å². The van der Waals surface area contributed by atoms with E-state index >= 15 is 0 Å². The number of aromatic nitrogens is 4. The van der Waals surface area contributed by atoms with E-state index < -0.39 is 0 Å². The predicted molar refractivity (Wildman–Crippen MR) is 103 cm³/mol. The van der Waals surface area contributed by atoms with Gasteiger partial charge in [-0.1, -0.05) is 0 Å². The molecule has 2 fully saturated rings. The van der Waals surface area contributed by atoms with Crippen LogP contribution in [0.2, 0.25) is 0 Å². The molecule has 8 nitrogen and oxygen atoms in total. The maximum absolute atomic E-state index is 12.6. The highest BCUT2D eigenvalue weighted by Crippen LogP contribution is 2.54. The van der Waals surface area contributed by atoms with Gasteiger partial charge in [-0.3, -0.25) is 4.79 Å². The molecule has 1 saturated carbocycles. The number of nitrogens with zero attached hydrogens (tertiary/aromatic N) is 5. The summed E-state index contributed by atoms with van der Waals surface area (Å²) >= 11 is 0. The zero-order valence-corrected chi connectivity index (χ0v) is 16.0. The summed E-state index contributed by atoms with van der Waals surface area (Å²) in [5.74, 6) is 1.16. The van der Waals surface area contributed by atoms with Gasteiger partial charge in [-0.25, -0.2) is 19.9 Å². The first-order valence-corrected chi connectivity index (χ1v) is 9.38. The third-order valence-electron chi connectivity index (χ3n) is 5.63. The van der Waals surface area contributed by atoms with Crippen LogP contribution in [0.4, 0.5) is 11.9 Å². The van der Waals surface area contributed by atoms with Gasteiger partial charge >= 0.3 is 0 Å². The Labute approximate surface area is 158 Å². The van der Waals surface area contributed by atoms with Crippen molar-refractivity contribution in [2.24, 2.45) is 5.41 Å². The first kappa shape index (κ1) is 17.6. The highest BCUT2D eigenvalue weighted by Gasteiger charge is 2.55. The van der Waals surface area contributed by atoms with Crippen molar-refractivity contribution in [3.8, 4) is 0 Å². The van der Waals surface area contributed by atoms with Crippen molar-refractivity contribution < 1.29 is 4.79 Å². The predicted octanol–water partition coefficient (Wildman–Crippen LogP) is 1.71. The Hall–Kier alpha value is -2.77. The quantitative estimate of drug-likeness (QED) is 0.849. The molecule has 1 atom stereocenters. The lowest BCUT2D eigenvalue weighted by Crippen LogP contribution is -2.39. The molecule has 2 aromatic rings. The summed E-state index contributed by atoms with van der Waals surface area (Å²) in [6.45, 7) is 5.69. The molecule has 1 saturated heterocycles. The van der Waals surface area contributed by atoms with Crippen LogP contribution in [-0.4, -0.2) is 52.0 Å². The van der Waals surface area contributed by atoms with Crippen LogP contribution in [0.5, 0.6) is 0 Å². The fourth-order valence-corrected chi connectivity index (χ4v) is 3.87. The highest BCUT2D eigenvalue weighted by atomic mass is 16.2. The van der Waals surface area contributed by atoms with E-state index in [1.165, 1.54) is 0 Å². The minimum Gasteiger partial charge on any atom is -0.357 e. The van der Waals surface area contributed by atoms with Crippen LogP contribution >= 0.6 is 0 Å². The van der Waals surface area contributed by atoms with Crippen molar-refractivity contribution in [3.05, 3.63) is 35.4 Å². The van der Waals surface area contributed by atoms with Crippen molar-refractivity contribution in [1.82, 2.24) is 25.3 Å². The van der Waals surface area contributed by atoms with Crippen LogP contribution in [0.25, 0.3) is 0 Å². The van der Waals surface area contributed by atoms with Crippen LogP contribution in [0.3, 0.4) is 0 Å². The first-order chi connectivity index (χ1) is 13.0. The summed E-state index contributed by atoms with van der Waals surface area (Å²) in [5, 5.41) is 6.06. The molecule has 0 bridgehead atoms. The van der Waals surface area contributed by atoms with Gasteiger partial charge in [-0.05, 0) is 50.7 Å². The molecule has 2 N–H and O–H groups in total. The Bertz CT molecular complexity index is 861. The molecule has 3 heterocycles. The van der Waals surface area contributed by atoms with Crippen molar-refractivity contribution in [2.45, 2.75) is 39.2 Å². The second-order valence-corrected chi connectivity index (χ2v) is 7.55. The number of aryl methyl sites for hydroxylation is 2. The van der Waals surface area contributed by atoms with E-state index in [1.54, 1.807) is 13.1 Å². The molecule has 27 heavy (non-hydrogen) atoms. The summed E-state index contributed by atoms with van der Waals surface area (Å²) in [6.07, 6.45) is 4.93. The summed E-state index contributed by atoms with van der Waals surface area (Å²) in [5.41, 5.74) is 2.39. The minimum absolute atomic E-state index is 0.122. The van der Waals surface area contributed by atoms with Gasteiger partial charge in [-0.15, -0.1) is 0 Å². The number of rotatable bonds is 4. The molecular weight excluding hydrogens is 342 g/mol. The first-order valence-electron chi connectivity index (χ1n) is 9.38. The van der Waals surface area contributed by atoms with E-state index in [4.69, 9.17) is 0 Å². The fourth-order valence-electron chi connectivity index (χ4n) is 3.87. The van der Waals surface area contributed by atoms with Gasteiger partial charge in [0.1, 0.15) is 5.69 Å². The van der Waals surface area contributed by atoms with Crippen LogP contribution in [0, 0.1) is 19.3 Å². The molecule has 2 aliphatic rings. The Morgan fingerprint density at radius 1 is 1.19 bits per heavy atom. The van der Waals surface area contributed by atoms with Gasteiger partial charge in [0.15, 0.2) is 0 Å². The number of carbonyl (C=O) groups excluding carboxylic acids is 1. The molecule has 1 unspecified atom stereocenters. The van der Waals surface area contributed by atoms with Gasteiger partial charge in [0.05, 0.1) is 0 Å². The number of nitrogens with one attached hydrogen (secondary N) is 2. The number of hydrogen-bond donors (Lipinski definition) is 2. The Morgan fingerprint density at radius 3 is 2.67 bits per heavy atom. The molecule has 0 aromatic carbocycles. The fraction of sp³-hybridized carbons (Fsp3) is 0.526. The van der Waals surface area contributed by atoms with Crippen molar-refractivity contribution in [3.63, 3.8) is 0 Å². The largest absolute Gasteiger partial charge is 0.357 e. The lowest BCUT2D eigenvalue weighted by molar-refractivity contribution is 0.0938. The second-order valence-electron chi connectivity index (χ2n) is 7.55. The molecule has 142 valence electrons. The van der Waals surface area contributed by atoms with Gasteiger partial charge in [0.25, 0.3) is 5.91 Å². The molecule has 1 aliphatic heterocycles. The van der Waals surface area contributed by atoms with E-state index in [0.717, 1.165) is 49.7 Å². The normalized spacial score (nSPS) is 20.4. The molecular formula is C19H25N7O. The van der Waals surface area contributed by atoms with Gasteiger partial charge in [0, 0.05) is 43.8 Å². The van der Waals surface area contributed by atoms with E-state index in [-0.39, 0.29) is 17.4 Å². The summed E-state index contributed by atoms with van der Waals surface area (Å²) < 4.78 is 0. The van der Waals surface area contributed by atoms with Gasteiger partial charge in [-0.2, -0.15) is 0 Å². The molecule has 4 rings (SSSR count). The third kappa shape index (κ3) is 3.56. The Kier molecular flexibility index (Phi) is 4.41. The monoisotopic (exact) mass is 367 g/mol. The summed E-state index contributed by atoms with van der Waals surface area (Å²) in [7, 11) is 1.75. The number of hydrogen-bond acceptors (Lipinski definition) is 7. The van der Waals surface area contributed by atoms with Crippen LogP contribution in [-0.2, 0) is 0 Å². The average molecular weight is 367 g/mol. The Morgan fingerprint density at radius 2 is 1.96 bits per heavy atom. The zero-order valence-electron chi connectivity index (χ0n) is 16.0. The minimum atomic E-state index is -0.122. The average Bonchev–Trinajstić information content (AvgIpc) is 3.32. The van der Waals surface area contributed by atoms with Crippen LogP contribution in [0.1, 0.15) is 41.1 Å². The standard InChI is InChI=1S/C19H25N7O/c1-12-4-7-21-18(23-12)26-8-5-19(6-9-26)11-15(19)25-16(27)14-10-13(2)22-17(20-3)24-14/h4,7,10,15H,5-6,8-9,11H2,1-3H3,(H,25,27)(H,20,22,24). The smallest absolute Gasteiger partial charge is 0.270 e. The molecule has 1 spiro atoms. The SMILES string of the molecule is CNc1nc(C)cc(C(=O)NC2CC23CCN(c2nccc(C)n2)CC3)n1.